The summed E-state index contributed by atoms with van der Waals surface area (Å²) in [5.41, 5.74) is 2.62. The summed E-state index contributed by atoms with van der Waals surface area (Å²) in [7, 11) is 0. The van der Waals surface area contributed by atoms with Gasteiger partial charge in [0, 0.05) is 22.4 Å². The molecular weight excluding hydrogens is 238 g/mol. The summed E-state index contributed by atoms with van der Waals surface area (Å²) in [6.45, 7) is 2.02. The molecule has 0 saturated heterocycles. The first-order valence-corrected chi connectivity index (χ1v) is 6.98. The summed E-state index contributed by atoms with van der Waals surface area (Å²) >= 11 is 3.48. The van der Waals surface area contributed by atoms with E-state index in [4.69, 9.17) is 0 Å². The molecule has 0 amide bonds. The lowest BCUT2D eigenvalue weighted by atomic mass is 10.0. The molecule has 0 spiro atoms. The van der Waals surface area contributed by atoms with Crippen molar-refractivity contribution in [1.82, 2.24) is 4.98 Å². The SMILES string of the molecule is CC1(C=O)CC2=C(S1)c1cccnc1SC2. The summed E-state index contributed by atoms with van der Waals surface area (Å²) in [6, 6.07) is 4.07. The van der Waals surface area contributed by atoms with Crippen molar-refractivity contribution in [2.45, 2.75) is 23.1 Å². The lowest BCUT2D eigenvalue weighted by Gasteiger charge is -2.16. The third-order valence-electron chi connectivity index (χ3n) is 2.87. The summed E-state index contributed by atoms with van der Waals surface area (Å²) in [4.78, 5) is 16.8. The number of aldehydes is 1. The average molecular weight is 249 g/mol. The second kappa shape index (κ2) is 3.64. The number of carbonyl (C=O) groups excluding carboxylic acids is 1. The lowest BCUT2D eigenvalue weighted by Crippen LogP contribution is -2.18. The Morgan fingerprint density at radius 2 is 2.44 bits per heavy atom. The molecule has 2 aliphatic rings. The van der Waals surface area contributed by atoms with E-state index in [0.717, 1.165) is 23.5 Å². The molecule has 82 valence electrons. The van der Waals surface area contributed by atoms with Crippen molar-refractivity contribution < 1.29 is 4.79 Å². The molecule has 0 aromatic carbocycles. The monoisotopic (exact) mass is 249 g/mol. The van der Waals surface area contributed by atoms with Crippen LogP contribution in [-0.2, 0) is 4.79 Å². The second-order valence-corrected chi connectivity index (χ2v) is 6.80. The van der Waals surface area contributed by atoms with Gasteiger partial charge in [0.1, 0.15) is 11.3 Å². The zero-order chi connectivity index (χ0) is 11.2. The van der Waals surface area contributed by atoms with Gasteiger partial charge in [-0.1, -0.05) is 0 Å². The van der Waals surface area contributed by atoms with Crippen molar-refractivity contribution in [3.05, 3.63) is 29.5 Å². The number of hydrogen-bond donors (Lipinski definition) is 0. The summed E-state index contributed by atoms with van der Waals surface area (Å²) in [6.07, 6.45) is 3.80. The smallest absolute Gasteiger partial charge is 0.136 e. The number of thioether (sulfide) groups is 2. The fourth-order valence-electron chi connectivity index (χ4n) is 2.11. The van der Waals surface area contributed by atoms with Gasteiger partial charge < -0.3 is 4.79 Å². The molecule has 3 heterocycles. The van der Waals surface area contributed by atoms with Gasteiger partial charge >= 0.3 is 0 Å². The van der Waals surface area contributed by atoms with Gasteiger partial charge in [0.25, 0.3) is 0 Å². The lowest BCUT2D eigenvalue weighted by molar-refractivity contribution is -0.109. The Kier molecular flexibility index (Phi) is 2.37. The van der Waals surface area contributed by atoms with Crippen LogP contribution >= 0.6 is 23.5 Å². The van der Waals surface area contributed by atoms with Gasteiger partial charge in [0.05, 0.1) is 4.75 Å². The normalized spacial score (nSPS) is 27.6. The molecular formula is C12H11NOS2. The van der Waals surface area contributed by atoms with E-state index in [1.54, 1.807) is 23.5 Å². The fourth-order valence-corrected chi connectivity index (χ4v) is 4.61. The number of hydrogen-bond acceptors (Lipinski definition) is 4. The van der Waals surface area contributed by atoms with Crippen LogP contribution in [0.1, 0.15) is 18.9 Å². The van der Waals surface area contributed by atoms with E-state index in [2.05, 4.69) is 11.1 Å². The highest BCUT2D eigenvalue weighted by atomic mass is 32.2. The van der Waals surface area contributed by atoms with Crippen LogP contribution < -0.4 is 0 Å². The first-order valence-electron chi connectivity index (χ1n) is 5.17. The third-order valence-corrected chi connectivity index (χ3v) is 5.38. The minimum absolute atomic E-state index is 0.261. The topological polar surface area (TPSA) is 30.0 Å². The standard InChI is InChI=1S/C12H11NOS2/c1-12(7-14)5-8-6-15-11-9(10(8)16-12)3-2-4-13-11/h2-4,7H,5-6H2,1H3. The molecule has 1 aromatic heterocycles. The maximum absolute atomic E-state index is 11.1. The molecule has 0 bridgehead atoms. The van der Waals surface area contributed by atoms with Crippen LogP contribution in [0.25, 0.3) is 4.91 Å². The molecule has 1 atom stereocenters. The maximum Gasteiger partial charge on any atom is 0.136 e. The van der Waals surface area contributed by atoms with E-state index in [9.17, 15) is 4.79 Å². The molecule has 16 heavy (non-hydrogen) atoms. The predicted molar refractivity (Wildman–Crippen MR) is 68.6 cm³/mol. The highest BCUT2D eigenvalue weighted by molar-refractivity contribution is 8.10. The Labute approximate surface area is 103 Å². The molecule has 0 saturated carbocycles. The number of rotatable bonds is 1. The van der Waals surface area contributed by atoms with E-state index in [1.807, 2.05) is 19.2 Å². The fraction of sp³-hybridized carbons (Fsp3) is 0.333. The Bertz CT molecular complexity index is 498. The minimum Gasteiger partial charge on any atom is -0.302 e. The van der Waals surface area contributed by atoms with Gasteiger partial charge in [0.2, 0.25) is 0 Å². The van der Waals surface area contributed by atoms with Crippen LogP contribution in [0.15, 0.2) is 28.9 Å². The number of carbonyl (C=O) groups is 1. The Morgan fingerprint density at radius 3 is 3.25 bits per heavy atom. The Hall–Kier alpha value is -0.740. The molecule has 0 fully saturated rings. The van der Waals surface area contributed by atoms with Crippen LogP contribution in [-0.4, -0.2) is 21.8 Å². The molecule has 2 nitrogen and oxygen atoms in total. The van der Waals surface area contributed by atoms with E-state index in [-0.39, 0.29) is 4.75 Å². The molecule has 3 rings (SSSR count). The highest BCUT2D eigenvalue weighted by Gasteiger charge is 2.38. The van der Waals surface area contributed by atoms with Gasteiger partial charge in [-0.2, -0.15) is 0 Å². The Morgan fingerprint density at radius 1 is 1.56 bits per heavy atom. The molecule has 2 aliphatic heterocycles. The van der Waals surface area contributed by atoms with Crippen LogP contribution in [0.4, 0.5) is 0 Å². The van der Waals surface area contributed by atoms with Crippen molar-refractivity contribution in [2.75, 3.05) is 5.75 Å². The van der Waals surface area contributed by atoms with Crippen LogP contribution in [0.2, 0.25) is 0 Å². The van der Waals surface area contributed by atoms with Crippen molar-refractivity contribution in [3.63, 3.8) is 0 Å². The van der Waals surface area contributed by atoms with E-state index >= 15 is 0 Å². The number of aromatic nitrogens is 1. The van der Waals surface area contributed by atoms with E-state index < -0.39 is 0 Å². The first kappa shape index (κ1) is 10.4. The molecule has 1 unspecified atom stereocenters. The summed E-state index contributed by atoms with van der Waals surface area (Å²) in [5, 5.41) is 1.10. The van der Waals surface area contributed by atoms with Crippen molar-refractivity contribution in [2.24, 2.45) is 0 Å². The van der Waals surface area contributed by atoms with Gasteiger partial charge in [0.15, 0.2) is 0 Å². The molecule has 1 aromatic rings. The quantitative estimate of drug-likeness (QED) is 0.716. The van der Waals surface area contributed by atoms with Crippen LogP contribution in [0, 0.1) is 0 Å². The van der Waals surface area contributed by atoms with Crippen LogP contribution in [0.3, 0.4) is 0 Å². The maximum atomic E-state index is 11.1. The largest absolute Gasteiger partial charge is 0.302 e. The van der Waals surface area contributed by atoms with Gasteiger partial charge in [-0.05, 0) is 31.1 Å². The van der Waals surface area contributed by atoms with Gasteiger partial charge in [-0.15, -0.1) is 23.5 Å². The highest BCUT2D eigenvalue weighted by Crippen LogP contribution is 2.54. The summed E-state index contributed by atoms with van der Waals surface area (Å²) in [5.74, 6) is 0.982. The predicted octanol–water partition coefficient (Wildman–Crippen LogP) is 2.99. The van der Waals surface area contributed by atoms with E-state index in [0.29, 0.717) is 0 Å². The van der Waals surface area contributed by atoms with Crippen molar-refractivity contribution in [1.29, 1.82) is 0 Å². The zero-order valence-electron chi connectivity index (χ0n) is 8.90. The minimum atomic E-state index is -0.261. The zero-order valence-corrected chi connectivity index (χ0v) is 10.5. The average Bonchev–Trinajstić information content (AvgIpc) is 2.67. The number of pyridine rings is 1. The number of fused-ring (bicyclic) bond motifs is 2. The Balaban J connectivity index is 2.06. The molecule has 0 N–H and O–H groups in total. The first-order chi connectivity index (χ1) is 7.72. The van der Waals surface area contributed by atoms with Crippen molar-refractivity contribution >= 4 is 34.7 Å². The van der Waals surface area contributed by atoms with Gasteiger partial charge in [-0.3, -0.25) is 0 Å². The molecule has 0 radical (unpaired) electrons. The molecule has 4 heteroatoms. The number of nitrogens with zero attached hydrogens (tertiary/aromatic N) is 1. The van der Waals surface area contributed by atoms with E-state index in [1.165, 1.54) is 16.0 Å². The van der Waals surface area contributed by atoms with Crippen LogP contribution in [0.5, 0.6) is 0 Å². The van der Waals surface area contributed by atoms with Crippen molar-refractivity contribution in [3.8, 4) is 0 Å². The second-order valence-electron chi connectivity index (χ2n) is 4.29. The third kappa shape index (κ3) is 1.52. The molecule has 0 aliphatic carbocycles. The summed E-state index contributed by atoms with van der Waals surface area (Å²) < 4.78 is -0.261. The van der Waals surface area contributed by atoms with Gasteiger partial charge in [-0.25, -0.2) is 4.98 Å².